The van der Waals surface area contributed by atoms with Crippen molar-refractivity contribution in [1.82, 2.24) is 9.88 Å². The van der Waals surface area contributed by atoms with Crippen LogP contribution in [0.25, 0.3) is 0 Å². The average Bonchev–Trinajstić information content (AvgIpc) is 2.78. The molecule has 0 bridgehead atoms. The Labute approximate surface area is 102 Å². The van der Waals surface area contributed by atoms with Crippen molar-refractivity contribution in [3.63, 3.8) is 0 Å². The highest BCUT2D eigenvalue weighted by Crippen LogP contribution is 2.21. The predicted octanol–water partition coefficient (Wildman–Crippen LogP) is 1.64. The summed E-state index contributed by atoms with van der Waals surface area (Å²) in [5.74, 6) is 0.0788. The Morgan fingerprint density at radius 3 is 3.18 bits per heavy atom. The number of pyridine rings is 1. The lowest BCUT2D eigenvalue weighted by atomic mass is 10.1. The molecule has 0 radical (unpaired) electrons. The zero-order valence-electron chi connectivity index (χ0n) is 10.3. The lowest BCUT2D eigenvalue weighted by Crippen LogP contribution is -2.38. The molecule has 0 saturated carbocycles. The third-order valence-electron chi connectivity index (χ3n) is 3.23. The minimum absolute atomic E-state index is 0.0788. The largest absolute Gasteiger partial charge is 0.383 e. The fraction of sp³-hybridized carbons (Fsp3) is 0.538. The van der Waals surface area contributed by atoms with E-state index in [9.17, 15) is 4.79 Å². The van der Waals surface area contributed by atoms with Crippen LogP contribution in [0.15, 0.2) is 18.3 Å². The number of hydrogen-bond acceptors (Lipinski definition) is 3. The van der Waals surface area contributed by atoms with Crippen LogP contribution in [0.3, 0.4) is 0 Å². The van der Waals surface area contributed by atoms with Crippen LogP contribution in [-0.2, 0) is 4.74 Å². The molecule has 0 unspecified atom stereocenters. The number of rotatable bonds is 3. The van der Waals surface area contributed by atoms with Gasteiger partial charge in [0.1, 0.15) is 0 Å². The van der Waals surface area contributed by atoms with Gasteiger partial charge in [-0.05, 0) is 31.9 Å². The Bertz CT molecular complexity index is 406. The van der Waals surface area contributed by atoms with Gasteiger partial charge in [0.05, 0.1) is 18.2 Å². The fourth-order valence-electron chi connectivity index (χ4n) is 2.33. The van der Waals surface area contributed by atoms with Gasteiger partial charge in [-0.15, -0.1) is 0 Å². The average molecular weight is 234 g/mol. The minimum atomic E-state index is 0.0788. The molecule has 0 N–H and O–H groups in total. The van der Waals surface area contributed by atoms with Gasteiger partial charge in [-0.25, -0.2) is 0 Å². The predicted molar refractivity (Wildman–Crippen MR) is 64.9 cm³/mol. The van der Waals surface area contributed by atoms with Crippen LogP contribution in [0.4, 0.5) is 0 Å². The van der Waals surface area contributed by atoms with Crippen LogP contribution < -0.4 is 0 Å². The van der Waals surface area contributed by atoms with Gasteiger partial charge in [0.25, 0.3) is 5.91 Å². The van der Waals surface area contributed by atoms with Crippen LogP contribution in [0.1, 0.15) is 28.9 Å². The third kappa shape index (κ3) is 2.47. The Morgan fingerprint density at radius 1 is 1.65 bits per heavy atom. The Morgan fingerprint density at radius 2 is 2.47 bits per heavy atom. The van der Waals surface area contributed by atoms with E-state index in [0.717, 1.165) is 25.1 Å². The van der Waals surface area contributed by atoms with Crippen molar-refractivity contribution in [2.24, 2.45) is 0 Å². The summed E-state index contributed by atoms with van der Waals surface area (Å²) in [6.07, 6.45) is 3.79. The number of hydrogen-bond donors (Lipinski definition) is 0. The molecule has 2 heterocycles. The van der Waals surface area contributed by atoms with Gasteiger partial charge >= 0.3 is 0 Å². The van der Waals surface area contributed by atoms with Gasteiger partial charge in [-0.3, -0.25) is 9.78 Å². The topological polar surface area (TPSA) is 42.4 Å². The van der Waals surface area contributed by atoms with Gasteiger partial charge in [0, 0.05) is 25.5 Å². The Balaban J connectivity index is 2.17. The van der Waals surface area contributed by atoms with Crippen LogP contribution in [0.5, 0.6) is 0 Å². The Kier molecular flexibility index (Phi) is 3.74. The van der Waals surface area contributed by atoms with E-state index in [2.05, 4.69) is 4.98 Å². The second-order valence-electron chi connectivity index (χ2n) is 4.39. The van der Waals surface area contributed by atoms with Crippen molar-refractivity contribution < 1.29 is 9.53 Å². The maximum atomic E-state index is 12.4. The first-order valence-corrected chi connectivity index (χ1v) is 5.95. The van der Waals surface area contributed by atoms with E-state index < -0.39 is 0 Å². The molecule has 1 aliphatic heterocycles. The molecule has 1 atom stereocenters. The molecule has 1 aromatic heterocycles. The molecule has 0 spiro atoms. The van der Waals surface area contributed by atoms with Crippen molar-refractivity contribution in [1.29, 1.82) is 0 Å². The number of amides is 1. The van der Waals surface area contributed by atoms with Crippen LogP contribution >= 0.6 is 0 Å². The molecule has 17 heavy (non-hydrogen) atoms. The van der Waals surface area contributed by atoms with Crippen molar-refractivity contribution >= 4 is 5.91 Å². The first kappa shape index (κ1) is 12.0. The van der Waals surface area contributed by atoms with Crippen molar-refractivity contribution in [2.45, 2.75) is 25.8 Å². The third-order valence-corrected chi connectivity index (χ3v) is 3.23. The Hall–Kier alpha value is -1.42. The molecule has 4 nitrogen and oxygen atoms in total. The molecule has 92 valence electrons. The van der Waals surface area contributed by atoms with E-state index in [4.69, 9.17) is 4.74 Å². The van der Waals surface area contributed by atoms with E-state index >= 15 is 0 Å². The molecular weight excluding hydrogens is 216 g/mol. The smallest absolute Gasteiger partial charge is 0.256 e. The zero-order chi connectivity index (χ0) is 12.3. The molecule has 4 heteroatoms. The number of aryl methyl sites for hydroxylation is 1. The van der Waals surface area contributed by atoms with E-state index in [1.807, 2.05) is 24.0 Å². The monoisotopic (exact) mass is 234 g/mol. The highest BCUT2D eigenvalue weighted by atomic mass is 16.5. The lowest BCUT2D eigenvalue weighted by molar-refractivity contribution is 0.0629. The van der Waals surface area contributed by atoms with Crippen molar-refractivity contribution in [2.75, 3.05) is 20.3 Å². The van der Waals surface area contributed by atoms with E-state index in [-0.39, 0.29) is 11.9 Å². The number of ether oxygens (including phenoxy) is 1. The minimum Gasteiger partial charge on any atom is -0.383 e. The number of aromatic nitrogens is 1. The number of likely N-dealkylation sites (tertiary alicyclic amines) is 1. The quantitative estimate of drug-likeness (QED) is 0.798. The van der Waals surface area contributed by atoms with Gasteiger partial charge in [-0.1, -0.05) is 0 Å². The number of carbonyl (C=O) groups excluding carboxylic acids is 1. The number of carbonyl (C=O) groups is 1. The molecule has 1 fully saturated rings. The van der Waals surface area contributed by atoms with E-state index in [1.54, 1.807) is 13.3 Å². The summed E-state index contributed by atoms with van der Waals surface area (Å²) >= 11 is 0. The number of methoxy groups -OCH3 is 1. The summed E-state index contributed by atoms with van der Waals surface area (Å²) in [5, 5.41) is 0. The van der Waals surface area contributed by atoms with E-state index in [0.29, 0.717) is 12.2 Å². The second kappa shape index (κ2) is 5.27. The molecule has 1 saturated heterocycles. The first-order valence-electron chi connectivity index (χ1n) is 5.95. The van der Waals surface area contributed by atoms with Crippen LogP contribution in [-0.4, -0.2) is 42.1 Å². The highest BCUT2D eigenvalue weighted by Gasteiger charge is 2.29. The summed E-state index contributed by atoms with van der Waals surface area (Å²) in [4.78, 5) is 18.5. The van der Waals surface area contributed by atoms with Gasteiger partial charge in [0.2, 0.25) is 0 Å². The molecule has 1 amide bonds. The van der Waals surface area contributed by atoms with Crippen LogP contribution in [0.2, 0.25) is 0 Å². The van der Waals surface area contributed by atoms with Gasteiger partial charge < -0.3 is 9.64 Å². The maximum Gasteiger partial charge on any atom is 0.256 e. The highest BCUT2D eigenvalue weighted by molar-refractivity contribution is 5.95. The standard InChI is InChI=1S/C13H18N2O2/c1-10-12(6-3-7-14-10)13(16)15-8-4-5-11(15)9-17-2/h3,6-7,11H,4-5,8-9H2,1-2H3/t11-/m0/s1. The van der Waals surface area contributed by atoms with Crippen molar-refractivity contribution in [3.05, 3.63) is 29.6 Å². The summed E-state index contributed by atoms with van der Waals surface area (Å²) in [6.45, 7) is 3.31. The summed E-state index contributed by atoms with van der Waals surface area (Å²) < 4.78 is 5.16. The second-order valence-corrected chi connectivity index (χ2v) is 4.39. The number of nitrogens with zero attached hydrogens (tertiary/aromatic N) is 2. The van der Waals surface area contributed by atoms with Gasteiger partial charge in [0.15, 0.2) is 0 Å². The first-order chi connectivity index (χ1) is 8.24. The van der Waals surface area contributed by atoms with Crippen molar-refractivity contribution in [3.8, 4) is 0 Å². The molecule has 1 aliphatic rings. The zero-order valence-corrected chi connectivity index (χ0v) is 10.3. The molecule has 0 aliphatic carbocycles. The fourth-order valence-corrected chi connectivity index (χ4v) is 2.33. The molecule has 2 rings (SSSR count). The summed E-state index contributed by atoms with van der Waals surface area (Å²) in [7, 11) is 1.68. The summed E-state index contributed by atoms with van der Waals surface area (Å²) in [5.41, 5.74) is 1.50. The van der Waals surface area contributed by atoms with Gasteiger partial charge in [-0.2, -0.15) is 0 Å². The molecular formula is C13H18N2O2. The lowest BCUT2D eigenvalue weighted by Gasteiger charge is -2.24. The van der Waals surface area contributed by atoms with Crippen LogP contribution in [0, 0.1) is 6.92 Å². The summed E-state index contributed by atoms with van der Waals surface area (Å²) in [6, 6.07) is 3.86. The normalized spacial score (nSPS) is 19.6. The molecule has 1 aromatic rings. The van der Waals surface area contributed by atoms with E-state index in [1.165, 1.54) is 0 Å². The molecule has 0 aromatic carbocycles. The maximum absolute atomic E-state index is 12.4. The SMILES string of the molecule is COC[C@@H]1CCCN1C(=O)c1cccnc1C.